The van der Waals surface area contributed by atoms with Gasteiger partial charge in [0.15, 0.2) is 17.2 Å². The zero-order valence-corrected chi connectivity index (χ0v) is 12.0. The summed E-state index contributed by atoms with van der Waals surface area (Å²) in [5.74, 6) is 0.539. The molecular formula is C15H16N4O3. The Hall–Kier alpha value is -2.83. The zero-order valence-electron chi connectivity index (χ0n) is 12.0. The Labute approximate surface area is 127 Å². The normalized spacial score (nSPS) is 14.2. The number of phenolic OH excluding ortho intramolecular Hbond substituents is 1. The first kappa shape index (κ1) is 14.1. The van der Waals surface area contributed by atoms with Gasteiger partial charge in [-0.15, -0.1) is 0 Å². The van der Waals surface area contributed by atoms with Gasteiger partial charge in [-0.05, 0) is 42.7 Å². The van der Waals surface area contributed by atoms with Crippen molar-refractivity contribution in [3.8, 4) is 11.5 Å². The van der Waals surface area contributed by atoms with Crippen LogP contribution in [0.5, 0.6) is 11.5 Å². The van der Waals surface area contributed by atoms with E-state index in [9.17, 15) is 9.90 Å². The summed E-state index contributed by atoms with van der Waals surface area (Å²) in [5, 5.41) is 20.2. The van der Waals surface area contributed by atoms with Gasteiger partial charge < -0.3 is 9.84 Å². The number of aromatic nitrogens is 2. The van der Waals surface area contributed by atoms with Gasteiger partial charge in [0.25, 0.3) is 5.91 Å². The van der Waals surface area contributed by atoms with Crippen molar-refractivity contribution >= 4 is 12.1 Å². The van der Waals surface area contributed by atoms with Gasteiger partial charge in [0, 0.05) is 11.6 Å². The van der Waals surface area contributed by atoms with Crippen LogP contribution in [0.3, 0.4) is 0 Å². The number of nitrogens with one attached hydrogen (secondary N) is 2. The number of carbonyl (C=O) groups is 1. The number of hydrogen-bond donors (Lipinski definition) is 3. The van der Waals surface area contributed by atoms with Crippen LogP contribution < -0.4 is 10.2 Å². The largest absolute Gasteiger partial charge is 0.504 e. The molecule has 0 atom stereocenters. The Balaban J connectivity index is 1.62. The van der Waals surface area contributed by atoms with Crippen molar-refractivity contribution in [1.82, 2.24) is 15.6 Å². The van der Waals surface area contributed by atoms with E-state index in [4.69, 9.17) is 4.74 Å². The fraction of sp³-hybridized carbons (Fsp3) is 0.267. The lowest BCUT2D eigenvalue weighted by Crippen LogP contribution is -2.18. The van der Waals surface area contributed by atoms with E-state index in [-0.39, 0.29) is 11.7 Å². The quantitative estimate of drug-likeness (QED) is 0.578. The second-order valence-electron chi connectivity index (χ2n) is 5.11. The number of amides is 1. The Bertz CT molecular complexity index is 719. The molecule has 3 rings (SSSR count). The number of ether oxygens (including phenoxy) is 1. The van der Waals surface area contributed by atoms with Crippen molar-refractivity contribution in [3.63, 3.8) is 0 Å². The number of rotatable bonds is 5. The van der Waals surface area contributed by atoms with Gasteiger partial charge in [-0.1, -0.05) is 0 Å². The highest BCUT2D eigenvalue weighted by molar-refractivity contribution is 5.93. The highest BCUT2D eigenvalue weighted by Crippen LogP contribution is 2.38. The number of aromatic amines is 1. The molecule has 1 amide bonds. The lowest BCUT2D eigenvalue weighted by Gasteiger charge is -2.03. The first-order chi connectivity index (χ1) is 10.7. The Morgan fingerprint density at radius 1 is 1.50 bits per heavy atom. The molecule has 1 aromatic heterocycles. The highest BCUT2D eigenvalue weighted by atomic mass is 16.5. The fourth-order valence-corrected chi connectivity index (χ4v) is 2.05. The van der Waals surface area contributed by atoms with Gasteiger partial charge in [-0.25, -0.2) is 5.43 Å². The molecular weight excluding hydrogens is 284 g/mol. The molecule has 1 aliphatic rings. The first-order valence-electron chi connectivity index (χ1n) is 6.93. The summed E-state index contributed by atoms with van der Waals surface area (Å²) < 4.78 is 5.00. The second-order valence-corrected chi connectivity index (χ2v) is 5.11. The fourth-order valence-electron chi connectivity index (χ4n) is 2.05. The number of methoxy groups -OCH3 is 1. The summed E-state index contributed by atoms with van der Waals surface area (Å²) in [6, 6.07) is 6.53. The maximum Gasteiger partial charge on any atom is 0.291 e. The monoisotopic (exact) mass is 300 g/mol. The summed E-state index contributed by atoms with van der Waals surface area (Å²) in [6.45, 7) is 0. The predicted octanol–water partition coefficient (Wildman–Crippen LogP) is 1.77. The van der Waals surface area contributed by atoms with Crippen molar-refractivity contribution < 1.29 is 14.6 Å². The zero-order chi connectivity index (χ0) is 15.5. The van der Waals surface area contributed by atoms with E-state index < -0.39 is 0 Å². The van der Waals surface area contributed by atoms with Crippen LogP contribution in [0.4, 0.5) is 0 Å². The van der Waals surface area contributed by atoms with E-state index in [1.54, 1.807) is 18.2 Å². The average Bonchev–Trinajstić information content (AvgIpc) is 3.26. The van der Waals surface area contributed by atoms with Crippen LogP contribution >= 0.6 is 0 Å². The molecule has 0 saturated heterocycles. The van der Waals surface area contributed by atoms with Gasteiger partial charge in [0.1, 0.15) is 0 Å². The van der Waals surface area contributed by atoms with Crippen molar-refractivity contribution in [2.45, 2.75) is 18.8 Å². The van der Waals surface area contributed by atoms with Crippen LogP contribution in [0.1, 0.15) is 40.5 Å². The topological polar surface area (TPSA) is 99.6 Å². The maximum atomic E-state index is 11.9. The molecule has 0 bridgehead atoms. The molecule has 0 aliphatic heterocycles. The Kier molecular flexibility index (Phi) is 3.78. The molecule has 7 heteroatoms. The number of phenols is 1. The lowest BCUT2D eigenvalue weighted by molar-refractivity contribution is 0.0950. The molecule has 22 heavy (non-hydrogen) atoms. The minimum absolute atomic E-state index is 0.0489. The van der Waals surface area contributed by atoms with E-state index in [1.807, 2.05) is 0 Å². The number of benzene rings is 1. The molecule has 1 saturated carbocycles. The number of aromatic hydroxyl groups is 1. The predicted molar refractivity (Wildman–Crippen MR) is 80.3 cm³/mol. The molecule has 3 N–H and O–H groups in total. The van der Waals surface area contributed by atoms with E-state index in [0.29, 0.717) is 22.9 Å². The summed E-state index contributed by atoms with van der Waals surface area (Å²) in [5.41, 5.74) is 4.43. The van der Waals surface area contributed by atoms with Gasteiger partial charge in [-0.3, -0.25) is 9.89 Å². The van der Waals surface area contributed by atoms with Crippen LogP contribution in [0.15, 0.2) is 29.4 Å². The molecule has 1 aromatic carbocycles. The number of hydrogen-bond acceptors (Lipinski definition) is 5. The van der Waals surface area contributed by atoms with Crippen molar-refractivity contribution in [3.05, 3.63) is 41.2 Å². The molecule has 7 nitrogen and oxygen atoms in total. The molecule has 0 spiro atoms. The van der Waals surface area contributed by atoms with E-state index in [0.717, 1.165) is 18.5 Å². The number of carbonyl (C=O) groups excluding carboxylic acids is 1. The smallest absolute Gasteiger partial charge is 0.291 e. The van der Waals surface area contributed by atoms with E-state index in [1.165, 1.54) is 19.4 Å². The van der Waals surface area contributed by atoms with Crippen LogP contribution in [0, 0.1) is 0 Å². The van der Waals surface area contributed by atoms with Crippen LogP contribution in [-0.2, 0) is 0 Å². The highest BCUT2D eigenvalue weighted by Gasteiger charge is 2.26. The SMILES string of the molecule is COc1cc(C=NNC(=O)c2cc(C3CC3)[nH]n2)ccc1O. The molecule has 0 radical (unpaired) electrons. The van der Waals surface area contributed by atoms with Crippen molar-refractivity contribution in [1.29, 1.82) is 0 Å². The van der Waals surface area contributed by atoms with Crippen LogP contribution in [0.25, 0.3) is 0 Å². The molecule has 1 heterocycles. The third-order valence-electron chi connectivity index (χ3n) is 3.43. The molecule has 0 unspecified atom stereocenters. The average molecular weight is 300 g/mol. The van der Waals surface area contributed by atoms with Gasteiger partial charge in [0.2, 0.25) is 0 Å². The maximum absolute atomic E-state index is 11.9. The first-order valence-corrected chi connectivity index (χ1v) is 6.93. The second kappa shape index (κ2) is 5.88. The summed E-state index contributed by atoms with van der Waals surface area (Å²) in [4.78, 5) is 11.9. The summed E-state index contributed by atoms with van der Waals surface area (Å²) >= 11 is 0. The number of H-pyrrole nitrogens is 1. The van der Waals surface area contributed by atoms with Crippen molar-refractivity contribution in [2.75, 3.05) is 7.11 Å². The number of nitrogens with zero attached hydrogens (tertiary/aromatic N) is 2. The molecule has 114 valence electrons. The minimum Gasteiger partial charge on any atom is -0.504 e. The van der Waals surface area contributed by atoms with Crippen LogP contribution in [-0.4, -0.2) is 34.5 Å². The number of hydrazone groups is 1. The van der Waals surface area contributed by atoms with Crippen molar-refractivity contribution in [2.24, 2.45) is 5.10 Å². The van der Waals surface area contributed by atoms with Gasteiger partial charge >= 0.3 is 0 Å². The molecule has 1 fully saturated rings. The lowest BCUT2D eigenvalue weighted by atomic mass is 10.2. The van der Waals surface area contributed by atoms with Crippen LogP contribution in [0.2, 0.25) is 0 Å². The standard InChI is InChI=1S/C15H16N4O3/c1-22-14-6-9(2-5-13(14)20)8-16-19-15(21)12-7-11(17-18-12)10-3-4-10/h2,5-8,10,20H,3-4H2,1H3,(H,17,18)(H,19,21). The third kappa shape index (κ3) is 3.08. The third-order valence-corrected chi connectivity index (χ3v) is 3.43. The van der Waals surface area contributed by atoms with E-state index in [2.05, 4.69) is 20.7 Å². The van der Waals surface area contributed by atoms with E-state index >= 15 is 0 Å². The minimum atomic E-state index is -0.370. The molecule has 1 aliphatic carbocycles. The summed E-state index contributed by atoms with van der Waals surface area (Å²) in [7, 11) is 1.47. The molecule has 2 aromatic rings. The Morgan fingerprint density at radius 2 is 2.32 bits per heavy atom. The van der Waals surface area contributed by atoms with Gasteiger partial charge in [0.05, 0.1) is 13.3 Å². The summed E-state index contributed by atoms with van der Waals surface area (Å²) in [6.07, 6.45) is 3.75. The Morgan fingerprint density at radius 3 is 3.05 bits per heavy atom. The van der Waals surface area contributed by atoms with Gasteiger partial charge in [-0.2, -0.15) is 10.2 Å².